The Bertz CT molecular complexity index is 780. The summed E-state index contributed by atoms with van der Waals surface area (Å²) < 4.78 is 0. The maximum absolute atomic E-state index is 12.6. The molecule has 0 aliphatic heterocycles. The Balaban J connectivity index is 1.76. The lowest BCUT2D eigenvalue weighted by atomic mass is 10.1. The van der Waals surface area contributed by atoms with Gasteiger partial charge in [0.2, 0.25) is 0 Å². The maximum Gasteiger partial charge on any atom is 0.272 e. The third-order valence-electron chi connectivity index (χ3n) is 3.65. The van der Waals surface area contributed by atoms with Gasteiger partial charge in [-0.2, -0.15) is 5.10 Å². The largest absolute Gasteiger partial charge is 0.343 e. The van der Waals surface area contributed by atoms with E-state index in [2.05, 4.69) is 20.4 Å². The molecule has 0 fully saturated rings. The van der Waals surface area contributed by atoms with E-state index in [0.717, 1.165) is 22.7 Å². The molecule has 124 valence electrons. The van der Waals surface area contributed by atoms with Crippen molar-refractivity contribution >= 4 is 17.2 Å². The first-order valence-corrected chi connectivity index (χ1v) is 8.61. The number of amides is 1. The number of aromatic nitrogens is 2. The monoisotopic (exact) mass is 340 g/mol. The fourth-order valence-electron chi connectivity index (χ4n) is 2.51. The van der Waals surface area contributed by atoms with Crippen LogP contribution in [0.2, 0.25) is 0 Å². The molecule has 0 saturated carbocycles. The second kappa shape index (κ2) is 7.42. The molecule has 2 N–H and O–H groups in total. The molecule has 2 heterocycles. The van der Waals surface area contributed by atoms with Gasteiger partial charge in [-0.15, -0.1) is 11.3 Å². The highest BCUT2D eigenvalue weighted by atomic mass is 32.1. The summed E-state index contributed by atoms with van der Waals surface area (Å²) in [6.45, 7) is 0.720. The number of nitrogens with one attached hydrogen (secondary N) is 2. The van der Waals surface area contributed by atoms with Crippen molar-refractivity contribution < 1.29 is 4.79 Å². The lowest BCUT2D eigenvalue weighted by molar-refractivity contribution is 0.0925. The van der Waals surface area contributed by atoms with Crippen LogP contribution in [0.3, 0.4) is 0 Å². The predicted octanol–water partition coefficient (Wildman–Crippen LogP) is 3.17. The third-order valence-corrected chi connectivity index (χ3v) is 4.56. The number of hydrogen-bond acceptors (Lipinski definition) is 4. The number of benzene rings is 1. The molecular weight excluding hydrogens is 320 g/mol. The van der Waals surface area contributed by atoms with Gasteiger partial charge in [0.05, 0.1) is 16.6 Å². The Hall–Kier alpha value is -2.44. The Morgan fingerprint density at radius 2 is 2.04 bits per heavy atom. The average molecular weight is 340 g/mol. The summed E-state index contributed by atoms with van der Waals surface area (Å²) in [6.07, 6.45) is 0. The lowest BCUT2D eigenvalue weighted by Crippen LogP contribution is -2.35. The van der Waals surface area contributed by atoms with E-state index in [4.69, 9.17) is 0 Å². The van der Waals surface area contributed by atoms with Crippen LogP contribution in [0.25, 0.3) is 10.6 Å². The van der Waals surface area contributed by atoms with Gasteiger partial charge in [0.1, 0.15) is 0 Å². The first-order chi connectivity index (χ1) is 11.6. The highest BCUT2D eigenvalue weighted by molar-refractivity contribution is 7.13. The van der Waals surface area contributed by atoms with Crippen LogP contribution in [0.1, 0.15) is 22.1 Å². The minimum Gasteiger partial charge on any atom is -0.343 e. The zero-order valence-corrected chi connectivity index (χ0v) is 14.5. The summed E-state index contributed by atoms with van der Waals surface area (Å²) >= 11 is 1.61. The number of H-pyrrole nitrogens is 1. The SMILES string of the molecule is CN(C)CC(NC(=O)c1cc(-c2cccs2)[nH]n1)c1ccccc1. The second-order valence-corrected chi connectivity index (χ2v) is 6.79. The van der Waals surface area contributed by atoms with Crippen molar-refractivity contribution in [3.63, 3.8) is 0 Å². The zero-order chi connectivity index (χ0) is 16.9. The molecule has 1 unspecified atom stereocenters. The fraction of sp³-hybridized carbons (Fsp3) is 0.222. The summed E-state index contributed by atoms with van der Waals surface area (Å²) in [5.41, 5.74) is 2.34. The Morgan fingerprint density at radius 3 is 2.71 bits per heavy atom. The molecule has 1 atom stereocenters. The first-order valence-electron chi connectivity index (χ1n) is 7.73. The van der Waals surface area contributed by atoms with Crippen molar-refractivity contribution in [3.8, 4) is 10.6 Å². The van der Waals surface area contributed by atoms with Crippen molar-refractivity contribution in [3.05, 3.63) is 65.2 Å². The Morgan fingerprint density at radius 1 is 1.25 bits per heavy atom. The van der Waals surface area contributed by atoms with Gasteiger partial charge in [0, 0.05) is 6.54 Å². The van der Waals surface area contributed by atoms with Gasteiger partial charge in [0.25, 0.3) is 5.91 Å². The van der Waals surface area contributed by atoms with Gasteiger partial charge < -0.3 is 10.2 Å². The number of carbonyl (C=O) groups is 1. The summed E-state index contributed by atoms with van der Waals surface area (Å²) in [4.78, 5) is 15.7. The molecule has 6 heteroatoms. The van der Waals surface area contributed by atoms with Gasteiger partial charge in [-0.3, -0.25) is 9.89 Å². The van der Waals surface area contributed by atoms with Crippen LogP contribution >= 0.6 is 11.3 Å². The van der Waals surface area contributed by atoms with Crippen molar-refractivity contribution in [2.45, 2.75) is 6.04 Å². The summed E-state index contributed by atoms with van der Waals surface area (Å²) in [5, 5.41) is 12.2. The number of hydrogen-bond donors (Lipinski definition) is 2. The molecule has 3 aromatic rings. The molecule has 0 aliphatic rings. The maximum atomic E-state index is 12.6. The Labute approximate surface area is 145 Å². The molecule has 2 aromatic heterocycles. The average Bonchev–Trinajstić information content (AvgIpc) is 3.25. The van der Waals surface area contributed by atoms with Crippen LogP contribution in [0, 0.1) is 0 Å². The number of likely N-dealkylation sites (N-methyl/N-ethyl adjacent to an activating group) is 1. The van der Waals surface area contributed by atoms with Gasteiger partial charge >= 0.3 is 0 Å². The number of aromatic amines is 1. The molecule has 0 aliphatic carbocycles. The quantitative estimate of drug-likeness (QED) is 0.724. The topological polar surface area (TPSA) is 61.0 Å². The molecule has 0 saturated heterocycles. The Kier molecular flexibility index (Phi) is 5.08. The number of carbonyl (C=O) groups excluding carboxylic acids is 1. The molecule has 0 bridgehead atoms. The fourth-order valence-corrected chi connectivity index (χ4v) is 3.21. The van der Waals surface area contributed by atoms with Gasteiger partial charge in [-0.05, 0) is 37.2 Å². The van der Waals surface area contributed by atoms with E-state index < -0.39 is 0 Å². The summed E-state index contributed by atoms with van der Waals surface area (Å²) in [5.74, 6) is -0.176. The van der Waals surface area contributed by atoms with E-state index in [9.17, 15) is 4.79 Å². The van der Waals surface area contributed by atoms with E-state index in [1.807, 2.05) is 61.9 Å². The molecular formula is C18H20N4OS. The number of rotatable bonds is 6. The summed E-state index contributed by atoms with van der Waals surface area (Å²) in [6, 6.07) is 15.7. The highest BCUT2D eigenvalue weighted by Gasteiger charge is 2.18. The standard InChI is InChI=1S/C18H20N4OS/c1-22(2)12-16(13-7-4-3-5-8-13)19-18(23)15-11-14(20-21-15)17-9-6-10-24-17/h3-11,16H,12H2,1-2H3,(H,19,23)(H,20,21). The van der Waals surface area contributed by atoms with Crippen LogP contribution in [0.4, 0.5) is 0 Å². The van der Waals surface area contributed by atoms with E-state index >= 15 is 0 Å². The zero-order valence-electron chi connectivity index (χ0n) is 13.7. The highest BCUT2D eigenvalue weighted by Crippen LogP contribution is 2.23. The number of nitrogens with zero attached hydrogens (tertiary/aromatic N) is 2. The summed E-state index contributed by atoms with van der Waals surface area (Å²) in [7, 11) is 3.98. The first kappa shape index (κ1) is 16.4. The normalized spacial score (nSPS) is 12.3. The second-order valence-electron chi connectivity index (χ2n) is 5.84. The van der Waals surface area contributed by atoms with Crippen molar-refractivity contribution in [2.75, 3.05) is 20.6 Å². The molecule has 24 heavy (non-hydrogen) atoms. The van der Waals surface area contributed by atoms with Crippen LogP contribution in [0.5, 0.6) is 0 Å². The van der Waals surface area contributed by atoms with Crippen LogP contribution in [0.15, 0.2) is 53.9 Å². The molecule has 0 spiro atoms. The molecule has 5 nitrogen and oxygen atoms in total. The van der Waals surface area contributed by atoms with Gasteiger partial charge in [-0.1, -0.05) is 36.4 Å². The lowest BCUT2D eigenvalue weighted by Gasteiger charge is -2.22. The third kappa shape index (κ3) is 3.90. The minimum absolute atomic E-state index is 0.0874. The molecule has 1 aromatic carbocycles. The van der Waals surface area contributed by atoms with Crippen LogP contribution in [-0.2, 0) is 0 Å². The predicted molar refractivity (Wildman–Crippen MR) is 97.1 cm³/mol. The molecule has 1 amide bonds. The van der Waals surface area contributed by atoms with Gasteiger partial charge in [0.15, 0.2) is 5.69 Å². The van der Waals surface area contributed by atoms with Gasteiger partial charge in [-0.25, -0.2) is 0 Å². The van der Waals surface area contributed by atoms with Crippen molar-refractivity contribution in [1.29, 1.82) is 0 Å². The molecule has 0 radical (unpaired) electrons. The van der Waals surface area contributed by atoms with Crippen LogP contribution < -0.4 is 5.32 Å². The van der Waals surface area contributed by atoms with E-state index in [1.54, 1.807) is 17.4 Å². The van der Waals surface area contributed by atoms with E-state index in [0.29, 0.717) is 5.69 Å². The van der Waals surface area contributed by atoms with Crippen molar-refractivity contribution in [2.24, 2.45) is 0 Å². The smallest absolute Gasteiger partial charge is 0.272 e. The van der Waals surface area contributed by atoms with E-state index in [1.165, 1.54) is 0 Å². The van der Waals surface area contributed by atoms with Crippen molar-refractivity contribution in [1.82, 2.24) is 20.4 Å². The van der Waals surface area contributed by atoms with E-state index in [-0.39, 0.29) is 11.9 Å². The molecule has 3 rings (SSSR count). The van der Waals surface area contributed by atoms with Crippen LogP contribution in [-0.4, -0.2) is 41.6 Å². The minimum atomic E-state index is -0.176. The number of thiophene rings is 1.